The second kappa shape index (κ2) is 10.4. The number of nitrogens with one attached hydrogen (secondary N) is 4. The van der Waals surface area contributed by atoms with Gasteiger partial charge in [-0.2, -0.15) is 18.3 Å². The summed E-state index contributed by atoms with van der Waals surface area (Å²) in [6.45, 7) is 3.73. The van der Waals surface area contributed by atoms with Gasteiger partial charge in [0.2, 0.25) is 5.95 Å². The van der Waals surface area contributed by atoms with Crippen molar-refractivity contribution in [3.63, 3.8) is 0 Å². The maximum Gasteiger partial charge on any atom is 0.420 e. The molecule has 1 saturated carbocycles. The number of amides is 1. The number of para-hydroxylation sites is 1. The first-order valence-corrected chi connectivity index (χ1v) is 12.9. The summed E-state index contributed by atoms with van der Waals surface area (Å²) in [5.74, 6) is -0.887. The minimum Gasteiger partial charge on any atom is -0.386 e. The average molecular weight is 556 g/mol. The van der Waals surface area contributed by atoms with Gasteiger partial charge in [0.25, 0.3) is 5.91 Å². The van der Waals surface area contributed by atoms with Crippen molar-refractivity contribution in [2.45, 2.75) is 57.3 Å². The molecule has 0 saturated heterocycles. The zero-order chi connectivity index (χ0) is 28.7. The van der Waals surface area contributed by atoms with Gasteiger partial charge in [-0.1, -0.05) is 18.2 Å². The lowest BCUT2D eigenvalue weighted by Gasteiger charge is -2.39. The number of H-pyrrole nitrogens is 1. The number of benzene rings is 2. The first-order chi connectivity index (χ1) is 19.0. The minimum absolute atomic E-state index is 0.0451. The van der Waals surface area contributed by atoms with Gasteiger partial charge in [-0.25, -0.2) is 14.4 Å². The van der Waals surface area contributed by atoms with Gasteiger partial charge in [0.15, 0.2) is 0 Å². The monoisotopic (exact) mass is 555 g/mol. The summed E-state index contributed by atoms with van der Waals surface area (Å²) >= 11 is 0. The Morgan fingerprint density at radius 3 is 2.73 bits per heavy atom. The van der Waals surface area contributed by atoms with Crippen LogP contribution in [0.2, 0.25) is 0 Å². The molecule has 1 aliphatic carbocycles. The quantitative estimate of drug-likeness (QED) is 0.215. The highest BCUT2D eigenvalue weighted by Crippen LogP contribution is 2.38. The van der Waals surface area contributed by atoms with Gasteiger partial charge < -0.3 is 16.0 Å². The van der Waals surface area contributed by atoms with Crippen molar-refractivity contribution in [2.24, 2.45) is 0 Å². The van der Waals surface area contributed by atoms with E-state index in [-0.39, 0.29) is 28.9 Å². The number of hydrogen-bond donors (Lipinski definition) is 4. The molecule has 0 radical (unpaired) electrons. The van der Waals surface area contributed by atoms with Gasteiger partial charge in [0.1, 0.15) is 17.1 Å². The maximum atomic E-state index is 14.2. The van der Waals surface area contributed by atoms with E-state index in [0.717, 1.165) is 18.2 Å². The molecule has 1 aliphatic rings. The Balaban J connectivity index is 1.38. The number of carbonyl (C=O) groups excluding carboxylic acids is 1. The van der Waals surface area contributed by atoms with Crippen LogP contribution < -0.4 is 16.0 Å². The van der Waals surface area contributed by atoms with Crippen molar-refractivity contribution < 1.29 is 22.4 Å². The lowest BCUT2D eigenvalue weighted by Crippen LogP contribution is -2.51. The van der Waals surface area contributed by atoms with Gasteiger partial charge in [-0.3, -0.25) is 9.89 Å². The van der Waals surface area contributed by atoms with Crippen molar-refractivity contribution in [1.29, 1.82) is 0 Å². The number of aromatic amines is 1. The van der Waals surface area contributed by atoms with Gasteiger partial charge in [0.05, 0.1) is 16.9 Å². The number of aryl methyl sites for hydroxylation is 1. The van der Waals surface area contributed by atoms with Crippen LogP contribution in [-0.4, -0.2) is 44.7 Å². The van der Waals surface area contributed by atoms with Crippen molar-refractivity contribution in [1.82, 2.24) is 25.5 Å². The number of nitrogens with zero attached hydrogens (tertiary/aromatic N) is 3. The number of aromatic nitrogens is 4. The van der Waals surface area contributed by atoms with Gasteiger partial charge >= 0.3 is 6.18 Å². The Labute approximate surface area is 228 Å². The number of carbonyl (C=O) groups is 1. The number of hydrogen-bond acceptors (Lipinski definition) is 6. The fourth-order valence-corrected chi connectivity index (χ4v) is 5.32. The van der Waals surface area contributed by atoms with Crippen LogP contribution in [0.15, 0.2) is 42.6 Å². The Kier molecular flexibility index (Phi) is 7.11. The fraction of sp³-hybridized carbons (Fsp3) is 0.357. The fourth-order valence-electron chi connectivity index (χ4n) is 5.32. The van der Waals surface area contributed by atoms with Crippen LogP contribution in [0.25, 0.3) is 22.3 Å². The second-order valence-corrected chi connectivity index (χ2v) is 10.4. The molecular formula is C28H29F4N7O. The molecule has 5 rings (SSSR count). The molecule has 8 nitrogen and oxygen atoms in total. The molecule has 1 amide bonds. The normalized spacial score (nSPS) is 19.4. The Hall–Kier alpha value is -4.22. The van der Waals surface area contributed by atoms with Crippen LogP contribution in [0.3, 0.4) is 0 Å². The van der Waals surface area contributed by atoms with Crippen LogP contribution in [0, 0.1) is 12.7 Å². The third-order valence-electron chi connectivity index (χ3n) is 7.34. The van der Waals surface area contributed by atoms with Crippen molar-refractivity contribution >= 4 is 28.4 Å². The number of halogens is 4. The largest absolute Gasteiger partial charge is 0.420 e. The van der Waals surface area contributed by atoms with Crippen molar-refractivity contribution in [3.8, 4) is 11.4 Å². The van der Waals surface area contributed by atoms with Gasteiger partial charge in [-0.15, -0.1) is 0 Å². The zero-order valence-electron chi connectivity index (χ0n) is 22.2. The number of alkyl halides is 3. The number of rotatable bonds is 6. The van der Waals surface area contributed by atoms with E-state index in [9.17, 15) is 22.4 Å². The third-order valence-corrected chi connectivity index (χ3v) is 7.34. The highest BCUT2D eigenvalue weighted by molar-refractivity contribution is 5.95. The molecule has 0 aliphatic heterocycles. The summed E-state index contributed by atoms with van der Waals surface area (Å²) in [7, 11) is 1.59. The van der Waals surface area contributed by atoms with Crippen molar-refractivity contribution in [2.75, 3.05) is 17.7 Å². The second-order valence-electron chi connectivity index (χ2n) is 10.4. The molecule has 0 bridgehead atoms. The molecule has 0 unspecified atom stereocenters. The molecule has 2 aromatic carbocycles. The molecule has 210 valence electrons. The molecule has 2 aromatic heterocycles. The first kappa shape index (κ1) is 27.4. The topological polar surface area (TPSA) is 108 Å². The summed E-state index contributed by atoms with van der Waals surface area (Å²) in [6.07, 6.45) is -1.27. The number of fused-ring (bicyclic) bond motifs is 1. The van der Waals surface area contributed by atoms with Gasteiger partial charge in [0, 0.05) is 35.8 Å². The van der Waals surface area contributed by atoms with Crippen molar-refractivity contribution in [3.05, 3.63) is 65.1 Å². The van der Waals surface area contributed by atoms with Crippen LogP contribution in [0.5, 0.6) is 0 Å². The summed E-state index contributed by atoms with van der Waals surface area (Å²) in [4.78, 5) is 21.2. The standard InChI is InChI=1S/C28H29F4N7O/c1-15-6-4-8-18-22(15)38-39-23(18)24-19(28(30,31)32)14-34-26(36-24)35-17-7-5-11-27(2,13-17)37-25(40)16-9-10-21(33-3)20(29)12-16/h4,6,8-10,12,14,17,33H,5,7,11,13H2,1-3H3,(H,37,40)(H,38,39)(H,34,35,36)/t17-,27+/m1/s1. The molecule has 1 fully saturated rings. The lowest BCUT2D eigenvalue weighted by atomic mass is 9.80. The van der Waals surface area contributed by atoms with E-state index in [2.05, 4.69) is 36.1 Å². The predicted octanol–water partition coefficient (Wildman–Crippen LogP) is 6.07. The third kappa shape index (κ3) is 5.43. The van der Waals surface area contributed by atoms with Crippen LogP contribution in [-0.2, 0) is 6.18 Å². The SMILES string of the molecule is CNc1ccc(C(=O)N[C@@]2(C)CCC[C@@H](Nc3ncc(C(F)(F)F)c(-c4[nH]nc5c(C)cccc45)n3)C2)cc1F. The van der Waals surface area contributed by atoms with E-state index in [1.54, 1.807) is 25.2 Å². The first-order valence-electron chi connectivity index (χ1n) is 12.9. The average Bonchev–Trinajstić information content (AvgIpc) is 3.33. The number of anilines is 2. The van der Waals surface area contributed by atoms with E-state index in [0.29, 0.717) is 35.9 Å². The van der Waals surface area contributed by atoms with E-state index in [1.165, 1.54) is 12.1 Å². The smallest absolute Gasteiger partial charge is 0.386 e. The highest BCUT2D eigenvalue weighted by atomic mass is 19.4. The Morgan fingerprint density at radius 2 is 2.00 bits per heavy atom. The molecular weight excluding hydrogens is 526 g/mol. The maximum absolute atomic E-state index is 14.2. The Morgan fingerprint density at radius 1 is 1.20 bits per heavy atom. The molecule has 4 N–H and O–H groups in total. The van der Waals surface area contributed by atoms with E-state index >= 15 is 0 Å². The predicted molar refractivity (Wildman–Crippen MR) is 145 cm³/mol. The summed E-state index contributed by atoms with van der Waals surface area (Å²) in [5.41, 5.74) is 0.151. The molecule has 0 spiro atoms. The molecule has 2 atom stereocenters. The van der Waals surface area contributed by atoms with E-state index in [1.807, 2.05) is 19.9 Å². The zero-order valence-corrected chi connectivity index (χ0v) is 22.2. The summed E-state index contributed by atoms with van der Waals surface area (Å²) in [6, 6.07) is 9.30. The molecule has 40 heavy (non-hydrogen) atoms. The molecule has 4 aromatic rings. The van der Waals surface area contributed by atoms with Crippen LogP contribution in [0.1, 0.15) is 54.1 Å². The van der Waals surface area contributed by atoms with Gasteiger partial charge in [-0.05, 0) is 63.3 Å². The van der Waals surface area contributed by atoms with Crippen LogP contribution >= 0.6 is 0 Å². The lowest BCUT2D eigenvalue weighted by molar-refractivity contribution is -0.137. The van der Waals surface area contributed by atoms with E-state index < -0.39 is 29.0 Å². The van der Waals surface area contributed by atoms with Crippen LogP contribution in [0.4, 0.5) is 29.2 Å². The summed E-state index contributed by atoms with van der Waals surface area (Å²) in [5, 5.41) is 16.4. The van der Waals surface area contributed by atoms with E-state index in [4.69, 9.17) is 0 Å². The minimum atomic E-state index is -4.67. The Bertz CT molecular complexity index is 1570. The molecule has 2 heterocycles. The highest BCUT2D eigenvalue weighted by Gasteiger charge is 2.38. The molecule has 12 heteroatoms. The summed E-state index contributed by atoms with van der Waals surface area (Å²) < 4.78 is 56.0.